The zero-order valence-electron chi connectivity index (χ0n) is 11.0. The first-order valence-corrected chi connectivity index (χ1v) is 7.71. The van der Waals surface area contributed by atoms with Crippen molar-refractivity contribution < 1.29 is 18.1 Å². The summed E-state index contributed by atoms with van der Waals surface area (Å²) < 4.78 is 26.1. The first-order chi connectivity index (χ1) is 9.95. The van der Waals surface area contributed by atoms with Crippen molar-refractivity contribution >= 4 is 21.8 Å². The highest BCUT2D eigenvalue weighted by molar-refractivity contribution is 7.89. The molecule has 0 spiro atoms. The van der Waals surface area contributed by atoms with E-state index in [1.807, 2.05) is 0 Å². The van der Waals surface area contributed by atoms with E-state index >= 15 is 0 Å². The average molecular weight is 311 g/mol. The molecule has 1 aromatic rings. The summed E-state index contributed by atoms with van der Waals surface area (Å²) in [6.45, 7) is 0.385. The van der Waals surface area contributed by atoms with E-state index in [-0.39, 0.29) is 17.1 Å². The quantitative estimate of drug-likeness (QED) is 0.357. The molecule has 9 heteroatoms. The third-order valence-electron chi connectivity index (χ3n) is 3.26. The van der Waals surface area contributed by atoms with Gasteiger partial charge in [0.2, 0.25) is 16.1 Å². The van der Waals surface area contributed by atoms with Crippen molar-refractivity contribution in [3.63, 3.8) is 0 Å². The molecule has 0 amide bonds. The number of aliphatic imine (C=N–C) groups is 1. The smallest absolute Gasteiger partial charge is 0.258 e. The van der Waals surface area contributed by atoms with Crippen molar-refractivity contribution in [2.45, 2.75) is 23.8 Å². The zero-order valence-corrected chi connectivity index (χ0v) is 11.8. The van der Waals surface area contributed by atoms with Crippen LogP contribution in [0.5, 0.6) is 0 Å². The van der Waals surface area contributed by atoms with Crippen LogP contribution in [-0.4, -0.2) is 42.9 Å². The first kappa shape index (κ1) is 15.3. The van der Waals surface area contributed by atoms with E-state index in [0.29, 0.717) is 19.4 Å². The highest BCUT2D eigenvalue weighted by atomic mass is 32.2. The summed E-state index contributed by atoms with van der Waals surface area (Å²) >= 11 is 0. The van der Waals surface area contributed by atoms with Crippen LogP contribution in [0.2, 0.25) is 0 Å². The molecule has 1 saturated heterocycles. The number of hydrogen-bond donors (Lipinski definition) is 0. The predicted molar refractivity (Wildman–Crippen MR) is 73.0 cm³/mol. The maximum atomic E-state index is 12.5. The summed E-state index contributed by atoms with van der Waals surface area (Å²) in [6, 6.07) is 4.49. The molecule has 0 saturated carbocycles. The normalized spacial score (nSPS) is 19.7. The minimum Gasteiger partial charge on any atom is -0.258 e. The Hall–Kier alpha value is -2.09. The summed E-state index contributed by atoms with van der Waals surface area (Å²) in [5.74, 6) is 0. The summed E-state index contributed by atoms with van der Waals surface area (Å²) in [7, 11) is -3.83. The molecule has 0 bridgehead atoms. The minimum absolute atomic E-state index is 0.0836. The Morgan fingerprint density at radius 1 is 1.43 bits per heavy atom. The van der Waals surface area contributed by atoms with Crippen molar-refractivity contribution in [3.05, 3.63) is 34.4 Å². The number of nitro benzene ring substituents is 1. The second-order valence-electron chi connectivity index (χ2n) is 4.63. The molecule has 1 aliphatic heterocycles. The van der Waals surface area contributed by atoms with Gasteiger partial charge in [0, 0.05) is 25.2 Å². The molecular weight excluding hydrogens is 298 g/mol. The van der Waals surface area contributed by atoms with E-state index in [0.717, 1.165) is 6.07 Å². The molecular formula is C12H13N3O5S. The molecule has 112 valence electrons. The Morgan fingerprint density at radius 3 is 2.86 bits per heavy atom. The summed E-state index contributed by atoms with van der Waals surface area (Å²) in [5.41, 5.74) is -0.282. The van der Waals surface area contributed by atoms with Gasteiger partial charge in [-0.2, -0.15) is 4.31 Å². The monoisotopic (exact) mass is 311 g/mol. The van der Waals surface area contributed by atoms with E-state index in [2.05, 4.69) is 4.99 Å². The van der Waals surface area contributed by atoms with Crippen LogP contribution in [0.25, 0.3) is 0 Å². The molecule has 1 aliphatic rings. The molecule has 0 radical (unpaired) electrons. The van der Waals surface area contributed by atoms with E-state index < -0.39 is 21.0 Å². The van der Waals surface area contributed by atoms with Crippen LogP contribution in [-0.2, 0) is 14.8 Å². The van der Waals surface area contributed by atoms with Gasteiger partial charge in [-0.15, -0.1) is 0 Å². The molecule has 1 unspecified atom stereocenters. The summed E-state index contributed by atoms with van der Waals surface area (Å²) in [5, 5.41) is 10.7. The van der Waals surface area contributed by atoms with Gasteiger partial charge in [-0.05, 0) is 18.9 Å². The fourth-order valence-corrected chi connectivity index (χ4v) is 3.78. The number of isocyanates is 1. The third-order valence-corrected chi connectivity index (χ3v) is 5.12. The Labute approximate surface area is 121 Å². The van der Waals surface area contributed by atoms with Gasteiger partial charge in [0.1, 0.15) is 0 Å². The summed E-state index contributed by atoms with van der Waals surface area (Å²) in [6.07, 6.45) is 2.63. The SMILES string of the molecule is O=C=NC1CCCN(S(=O)(=O)c2cccc([N+](=O)[O-])c2)C1. The standard InChI is InChI=1S/C12H13N3O5S/c16-9-13-10-3-2-6-14(8-10)21(19,20)12-5-1-4-11(7-12)15(17)18/h1,4-5,7,10H,2-3,6,8H2. The van der Waals surface area contributed by atoms with Gasteiger partial charge >= 0.3 is 0 Å². The lowest BCUT2D eigenvalue weighted by Gasteiger charge is -2.29. The summed E-state index contributed by atoms with van der Waals surface area (Å²) in [4.78, 5) is 23.8. The number of sulfonamides is 1. The average Bonchev–Trinajstić information content (AvgIpc) is 2.48. The Kier molecular flexibility index (Phi) is 4.46. The fourth-order valence-electron chi connectivity index (χ4n) is 2.23. The minimum atomic E-state index is -3.83. The molecule has 2 rings (SSSR count). The predicted octanol–water partition coefficient (Wildman–Crippen LogP) is 1.08. The Bertz CT molecular complexity index is 697. The third kappa shape index (κ3) is 3.33. The van der Waals surface area contributed by atoms with Crippen molar-refractivity contribution in [1.29, 1.82) is 0 Å². The van der Waals surface area contributed by atoms with Crippen molar-refractivity contribution in [1.82, 2.24) is 4.31 Å². The van der Waals surface area contributed by atoms with Crippen molar-refractivity contribution in [3.8, 4) is 0 Å². The lowest BCUT2D eigenvalue weighted by Crippen LogP contribution is -2.41. The van der Waals surface area contributed by atoms with Crippen LogP contribution in [0.1, 0.15) is 12.8 Å². The number of hydrogen-bond acceptors (Lipinski definition) is 6. The lowest BCUT2D eigenvalue weighted by molar-refractivity contribution is -0.385. The second-order valence-corrected chi connectivity index (χ2v) is 6.57. The fraction of sp³-hybridized carbons (Fsp3) is 0.417. The van der Waals surface area contributed by atoms with Crippen LogP contribution >= 0.6 is 0 Å². The number of nitro groups is 1. The molecule has 0 N–H and O–H groups in total. The molecule has 1 aromatic carbocycles. The molecule has 0 aliphatic carbocycles. The van der Waals surface area contributed by atoms with Crippen molar-refractivity contribution in [2.24, 2.45) is 4.99 Å². The van der Waals surface area contributed by atoms with Crippen LogP contribution < -0.4 is 0 Å². The van der Waals surface area contributed by atoms with Gasteiger partial charge in [-0.25, -0.2) is 18.2 Å². The number of piperidine rings is 1. The highest BCUT2D eigenvalue weighted by Gasteiger charge is 2.31. The van der Waals surface area contributed by atoms with E-state index in [4.69, 9.17) is 0 Å². The largest absolute Gasteiger partial charge is 0.270 e. The molecule has 0 aromatic heterocycles. The number of nitrogens with zero attached hydrogens (tertiary/aromatic N) is 3. The number of non-ortho nitro benzene ring substituents is 1. The van der Waals surface area contributed by atoms with Gasteiger partial charge in [-0.3, -0.25) is 10.1 Å². The van der Waals surface area contributed by atoms with Crippen LogP contribution in [0.15, 0.2) is 34.2 Å². The zero-order chi connectivity index (χ0) is 15.5. The number of benzene rings is 1. The van der Waals surface area contributed by atoms with Crippen molar-refractivity contribution in [2.75, 3.05) is 13.1 Å². The van der Waals surface area contributed by atoms with E-state index in [1.54, 1.807) is 0 Å². The van der Waals surface area contributed by atoms with Crippen LogP contribution in [0, 0.1) is 10.1 Å². The Balaban J connectivity index is 2.31. The molecule has 1 atom stereocenters. The van der Waals surface area contributed by atoms with Gasteiger partial charge in [-0.1, -0.05) is 6.07 Å². The van der Waals surface area contributed by atoms with Gasteiger partial charge in [0.25, 0.3) is 5.69 Å². The number of rotatable bonds is 4. The first-order valence-electron chi connectivity index (χ1n) is 6.27. The van der Waals surface area contributed by atoms with Gasteiger partial charge < -0.3 is 0 Å². The van der Waals surface area contributed by atoms with Gasteiger partial charge in [0.05, 0.1) is 15.9 Å². The highest BCUT2D eigenvalue weighted by Crippen LogP contribution is 2.24. The maximum absolute atomic E-state index is 12.5. The topological polar surface area (TPSA) is 110 Å². The molecule has 1 fully saturated rings. The number of carbonyl (C=O) groups excluding carboxylic acids is 1. The Morgan fingerprint density at radius 2 is 2.19 bits per heavy atom. The lowest BCUT2D eigenvalue weighted by atomic mass is 10.1. The molecule has 1 heterocycles. The van der Waals surface area contributed by atoms with Gasteiger partial charge in [0.15, 0.2) is 0 Å². The molecule has 21 heavy (non-hydrogen) atoms. The van der Waals surface area contributed by atoms with E-state index in [1.165, 1.54) is 28.6 Å². The van der Waals surface area contributed by atoms with Crippen LogP contribution in [0.3, 0.4) is 0 Å². The second kappa shape index (κ2) is 6.13. The maximum Gasteiger partial charge on any atom is 0.270 e. The van der Waals surface area contributed by atoms with E-state index in [9.17, 15) is 23.3 Å². The van der Waals surface area contributed by atoms with Crippen LogP contribution in [0.4, 0.5) is 5.69 Å². The molecule has 8 nitrogen and oxygen atoms in total.